The topological polar surface area (TPSA) is 103 Å². The molecule has 1 saturated carbocycles. The predicted molar refractivity (Wildman–Crippen MR) is 104 cm³/mol. The summed E-state index contributed by atoms with van der Waals surface area (Å²) in [6.45, 7) is 2.93. The van der Waals surface area contributed by atoms with Crippen molar-refractivity contribution in [2.45, 2.75) is 56.4 Å². The Labute approximate surface area is 173 Å². The van der Waals surface area contributed by atoms with E-state index in [1.54, 1.807) is 0 Å². The zero-order chi connectivity index (χ0) is 22.0. The lowest BCUT2D eigenvalue weighted by molar-refractivity contribution is -0.162. The molecule has 0 amide bonds. The Morgan fingerprint density at radius 2 is 2.10 bits per heavy atom. The van der Waals surface area contributed by atoms with E-state index in [1.807, 2.05) is 6.92 Å². The molecule has 1 heterocycles. The van der Waals surface area contributed by atoms with Crippen LogP contribution in [-0.2, 0) is 31.7 Å². The highest BCUT2D eigenvalue weighted by Gasteiger charge is 2.71. The summed E-state index contributed by atoms with van der Waals surface area (Å²) >= 11 is 0. The number of nitrogens with zero attached hydrogens (tertiary/aromatic N) is 3. The van der Waals surface area contributed by atoms with Crippen LogP contribution >= 0.6 is 0 Å². The van der Waals surface area contributed by atoms with Crippen LogP contribution in [-0.4, -0.2) is 40.4 Å². The van der Waals surface area contributed by atoms with E-state index in [0.717, 1.165) is 25.5 Å². The third-order valence-corrected chi connectivity index (χ3v) is 7.66. The van der Waals surface area contributed by atoms with Crippen molar-refractivity contribution in [2.24, 2.45) is 0 Å². The van der Waals surface area contributed by atoms with Crippen molar-refractivity contribution in [3.8, 4) is 0 Å². The van der Waals surface area contributed by atoms with Crippen LogP contribution in [0.5, 0.6) is 0 Å². The Morgan fingerprint density at radius 1 is 1.37 bits per heavy atom. The van der Waals surface area contributed by atoms with E-state index in [4.69, 9.17) is 4.74 Å². The number of hydrogen-bond donors (Lipinski definition) is 1. The average molecular weight is 442 g/mol. The summed E-state index contributed by atoms with van der Waals surface area (Å²) in [5.74, 6) is -2.64. The minimum absolute atomic E-state index is 0.132. The maximum Gasteiger partial charge on any atom is 0.303 e. The molecule has 1 fully saturated rings. The van der Waals surface area contributed by atoms with Crippen molar-refractivity contribution in [3.05, 3.63) is 48.1 Å². The number of carbonyl (C=O) groups is 1. The van der Waals surface area contributed by atoms with Crippen molar-refractivity contribution in [1.29, 1.82) is 0 Å². The number of nitrogens with one attached hydrogen (secondary N) is 1. The number of sulfonamides is 1. The van der Waals surface area contributed by atoms with Gasteiger partial charge in [0.1, 0.15) is 29.0 Å². The molecule has 30 heavy (non-hydrogen) atoms. The average Bonchev–Trinajstić information content (AvgIpc) is 3.34. The van der Waals surface area contributed by atoms with Gasteiger partial charge in [0.05, 0.1) is 6.54 Å². The molecule has 0 saturated heterocycles. The fourth-order valence-corrected chi connectivity index (χ4v) is 5.76. The first-order chi connectivity index (χ1) is 14.2. The van der Waals surface area contributed by atoms with Crippen molar-refractivity contribution >= 4 is 16.0 Å². The summed E-state index contributed by atoms with van der Waals surface area (Å²) in [6.07, 6.45) is 4.19. The van der Waals surface area contributed by atoms with Gasteiger partial charge in [0.15, 0.2) is 5.60 Å². The molecule has 0 radical (unpaired) electrons. The molecule has 8 nitrogen and oxygen atoms in total. The molecule has 11 heteroatoms. The quantitative estimate of drug-likeness (QED) is 0.447. The lowest BCUT2D eigenvalue weighted by Crippen LogP contribution is -2.56. The second kappa shape index (κ2) is 8.38. The number of carbonyl (C=O) groups excluding carboxylic acids is 1. The second-order valence-corrected chi connectivity index (χ2v) is 9.46. The van der Waals surface area contributed by atoms with Crippen LogP contribution in [0, 0.1) is 11.6 Å². The molecule has 1 aliphatic carbocycles. The number of esters is 1. The summed E-state index contributed by atoms with van der Waals surface area (Å²) < 4.78 is 63.1. The van der Waals surface area contributed by atoms with Crippen LogP contribution < -0.4 is 4.72 Å². The SMILES string of the molecule is CCCCNS(=O)(=O)C1([C@@](Cn2cncn2)(OC(C)=O)c2ccc(F)cc2F)CC1. The number of rotatable bonds is 10. The van der Waals surface area contributed by atoms with Crippen LogP contribution in [0.2, 0.25) is 0 Å². The third kappa shape index (κ3) is 3.95. The van der Waals surface area contributed by atoms with Gasteiger partial charge in [0.2, 0.25) is 10.0 Å². The number of aromatic nitrogens is 3. The molecule has 0 spiro atoms. The molecular formula is C19H24F2N4O4S. The predicted octanol–water partition coefficient (Wildman–Crippen LogP) is 2.27. The fraction of sp³-hybridized carbons (Fsp3) is 0.526. The van der Waals surface area contributed by atoms with Gasteiger partial charge < -0.3 is 4.74 Å². The van der Waals surface area contributed by atoms with Crippen molar-refractivity contribution in [3.63, 3.8) is 0 Å². The number of hydrogen-bond acceptors (Lipinski definition) is 6. The van der Waals surface area contributed by atoms with Gasteiger partial charge in [0, 0.05) is 25.1 Å². The first kappa shape index (κ1) is 22.3. The van der Waals surface area contributed by atoms with Gasteiger partial charge in [-0.25, -0.2) is 31.6 Å². The summed E-state index contributed by atoms with van der Waals surface area (Å²) in [5.41, 5.74) is -2.20. The Morgan fingerprint density at radius 3 is 2.63 bits per heavy atom. The zero-order valence-electron chi connectivity index (χ0n) is 16.8. The lowest BCUT2D eigenvalue weighted by Gasteiger charge is -2.40. The molecule has 0 bridgehead atoms. The Bertz CT molecular complexity index is 1010. The Hall–Kier alpha value is -2.40. The first-order valence-corrected chi connectivity index (χ1v) is 11.1. The molecule has 164 valence electrons. The minimum Gasteiger partial charge on any atom is -0.450 e. The molecule has 1 aromatic heterocycles. The molecule has 0 aliphatic heterocycles. The molecule has 1 aromatic carbocycles. The van der Waals surface area contributed by atoms with Crippen LogP contribution in [0.1, 0.15) is 45.1 Å². The molecule has 2 aromatic rings. The fourth-order valence-electron chi connectivity index (χ4n) is 3.78. The molecule has 1 aliphatic rings. The highest BCUT2D eigenvalue weighted by atomic mass is 32.2. The normalized spacial score (nSPS) is 17.3. The number of unbranched alkanes of at least 4 members (excludes halogenated alkanes) is 1. The first-order valence-electron chi connectivity index (χ1n) is 9.64. The molecule has 3 rings (SSSR count). The standard InChI is InChI=1S/C19H24F2N4O4S/c1-3-4-9-24-30(27,28)18(7-8-18)19(29-14(2)26,11-25-13-22-12-23-25)16-6-5-15(20)10-17(16)21/h5-6,10,12-13,24H,3-4,7-9,11H2,1-2H3/t19-/m0/s1. The number of ether oxygens (including phenoxy) is 1. The third-order valence-electron chi connectivity index (χ3n) is 5.31. The van der Waals surface area contributed by atoms with Crippen molar-refractivity contribution < 1.29 is 26.7 Å². The van der Waals surface area contributed by atoms with E-state index in [-0.39, 0.29) is 31.5 Å². The maximum absolute atomic E-state index is 15.0. The van der Waals surface area contributed by atoms with E-state index >= 15 is 0 Å². The van der Waals surface area contributed by atoms with E-state index in [1.165, 1.54) is 17.3 Å². The van der Waals surface area contributed by atoms with E-state index in [0.29, 0.717) is 12.5 Å². The zero-order valence-corrected chi connectivity index (χ0v) is 17.6. The smallest absolute Gasteiger partial charge is 0.303 e. The van der Waals surface area contributed by atoms with Crippen LogP contribution in [0.4, 0.5) is 8.78 Å². The maximum atomic E-state index is 15.0. The van der Waals surface area contributed by atoms with Gasteiger partial charge in [0.25, 0.3) is 0 Å². The summed E-state index contributed by atoms with van der Waals surface area (Å²) in [4.78, 5) is 16.0. The van der Waals surface area contributed by atoms with E-state index in [9.17, 15) is 22.0 Å². The Kier molecular flexibility index (Phi) is 6.23. The van der Waals surface area contributed by atoms with Gasteiger partial charge in [-0.05, 0) is 31.4 Å². The van der Waals surface area contributed by atoms with Gasteiger partial charge in [-0.2, -0.15) is 5.10 Å². The van der Waals surface area contributed by atoms with Crippen LogP contribution in [0.25, 0.3) is 0 Å². The molecular weight excluding hydrogens is 418 g/mol. The molecule has 0 unspecified atom stereocenters. The lowest BCUT2D eigenvalue weighted by atomic mass is 9.87. The number of benzene rings is 1. The largest absolute Gasteiger partial charge is 0.450 e. The number of halogens is 2. The molecule has 1 atom stereocenters. The summed E-state index contributed by atoms with van der Waals surface area (Å²) in [6, 6.07) is 2.76. The van der Waals surface area contributed by atoms with Gasteiger partial charge in [-0.15, -0.1) is 0 Å². The summed E-state index contributed by atoms with van der Waals surface area (Å²) in [7, 11) is -4.05. The minimum atomic E-state index is -4.05. The van der Waals surface area contributed by atoms with E-state index < -0.39 is 38.0 Å². The second-order valence-electron chi connectivity index (χ2n) is 7.38. The van der Waals surface area contributed by atoms with Crippen LogP contribution in [0.3, 0.4) is 0 Å². The van der Waals surface area contributed by atoms with Crippen LogP contribution in [0.15, 0.2) is 30.9 Å². The summed E-state index contributed by atoms with van der Waals surface area (Å²) in [5, 5.41) is 3.98. The van der Waals surface area contributed by atoms with Crippen molar-refractivity contribution in [1.82, 2.24) is 19.5 Å². The van der Waals surface area contributed by atoms with Gasteiger partial charge in [-0.3, -0.25) is 4.79 Å². The highest BCUT2D eigenvalue weighted by Crippen LogP contribution is 2.58. The van der Waals surface area contributed by atoms with Gasteiger partial charge in [-0.1, -0.05) is 13.3 Å². The monoisotopic (exact) mass is 442 g/mol. The highest BCUT2D eigenvalue weighted by molar-refractivity contribution is 7.91. The van der Waals surface area contributed by atoms with E-state index in [2.05, 4.69) is 14.8 Å². The molecule has 1 N–H and O–H groups in total. The van der Waals surface area contributed by atoms with Gasteiger partial charge >= 0.3 is 5.97 Å². The Balaban J connectivity index is 2.21. The van der Waals surface area contributed by atoms with Crippen molar-refractivity contribution in [2.75, 3.05) is 6.54 Å².